The van der Waals surface area contributed by atoms with E-state index < -0.39 is 0 Å². The Hall–Kier alpha value is -0.770. The molecule has 0 saturated carbocycles. The van der Waals surface area contributed by atoms with Crippen molar-refractivity contribution in [2.45, 2.75) is 38.1 Å². The van der Waals surface area contributed by atoms with E-state index in [1.165, 1.54) is 0 Å². The molecule has 1 N–H and O–H groups in total. The van der Waals surface area contributed by atoms with Crippen LogP contribution in [0.15, 0.2) is 11.1 Å². The molecule has 1 aromatic heterocycles. The van der Waals surface area contributed by atoms with Crippen LogP contribution in [-0.2, 0) is 5.41 Å². The minimum atomic E-state index is -0.00406. The monoisotopic (exact) mass is 225 g/mol. The Morgan fingerprint density at radius 1 is 1.33 bits per heavy atom. The van der Waals surface area contributed by atoms with Crippen molar-refractivity contribution in [3.63, 3.8) is 0 Å². The predicted octanol–water partition coefficient (Wildman–Crippen LogP) is 2.93. The van der Waals surface area contributed by atoms with Gasteiger partial charge < -0.3 is 5.32 Å². The summed E-state index contributed by atoms with van der Waals surface area (Å²) in [6.45, 7) is 8.51. The van der Waals surface area contributed by atoms with E-state index in [2.05, 4.69) is 43.0 Å². The Labute approximate surface area is 96.1 Å². The van der Waals surface area contributed by atoms with Gasteiger partial charge in [0.2, 0.25) is 0 Å². The molecule has 1 rings (SSSR count). The van der Waals surface area contributed by atoms with E-state index in [0.717, 1.165) is 22.4 Å². The molecule has 0 saturated heterocycles. The minimum absolute atomic E-state index is 0.00406. The molecule has 3 nitrogen and oxygen atoms in total. The van der Waals surface area contributed by atoms with Crippen LogP contribution in [-0.4, -0.2) is 22.8 Å². The first kappa shape index (κ1) is 12.3. The summed E-state index contributed by atoms with van der Waals surface area (Å²) < 4.78 is 0. The lowest BCUT2D eigenvalue weighted by Gasteiger charge is -2.18. The third-order valence-electron chi connectivity index (χ3n) is 1.92. The van der Waals surface area contributed by atoms with Gasteiger partial charge in [0.15, 0.2) is 0 Å². The molecule has 15 heavy (non-hydrogen) atoms. The van der Waals surface area contributed by atoms with E-state index >= 15 is 0 Å². The van der Waals surface area contributed by atoms with Crippen LogP contribution in [0.25, 0.3) is 0 Å². The fourth-order valence-electron chi connectivity index (χ4n) is 1.11. The molecule has 0 spiro atoms. The van der Waals surface area contributed by atoms with Crippen molar-refractivity contribution in [2.75, 3.05) is 18.1 Å². The van der Waals surface area contributed by atoms with Crippen LogP contribution in [0, 0.1) is 0 Å². The van der Waals surface area contributed by atoms with E-state index in [1.807, 2.05) is 13.1 Å². The van der Waals surface area contributed by atoms with Crippen LogP contribution >= 0.6 is 11.8 Å². The fourth-order valence-corrected chi connectivity index (χ4v) is 1.75. The van der Waals surface area contributed by atoms with Crippen molar-refractivity contribution in [3.05, 3.63) is 11.9 Å². The van der Waals surface area contributed by atoms with Crippen molar-refractivity contribution < 1.29 is 0 Å². The highest BCUT2D eigenvalue weighted by atomic mass is 32.2. The topological polar surface area (TPSA) is 37.8 Å². The van der Waals surface area contributed by atoms with Gasteiger partial charge in [0.05, 0.1) is 0 Å². The molecule has 0 fully saturated rings. The Morgan fingerprint density at radius 3 is 2.47 bits per heavy atom. The number of hydrogen-bond donors (Lipinski definition) is 1. The summed E-state index contributed by atoms with van der Waals surface area (Å²) in [6.07, 6.45) is 0. The highest BCUT2D eigenvalue weighted by molar-refractivity contribution is 7.99. The van der Waals surface area contributed by atoms with Crippen LogP contribution in [0.5, 0.6) is 0 Å². The molecule has 0 unspecified atom stereocenters. The second-order valence-corrected chi connectivity index (χ2v) is 5.63. The van der Waals surface area contributed by atoms with Crippen molar-refractivity contribution in [2.24, 2.45) is 0 Å². The quantitative estimate of drug-likeness (QED) is 0.634. The van der Waals surface area contributed by atoms with E-state index in [1.54, 1.807) is 11.8 Å². The summed E-state index contributed by atoms with van der Waals surface area (Å²) >= 11 is 1.74. The highest BCUT2D eigenvalue weighted by Gasteiger charge is 2.18. The van der Waals surface area contributed by atoms with E-state index in [-0.39, 0.29) is 5.41 Å². The molecule has 0 bridgehead atoms. The summed E-state index contributed by atoms with van der Waals surface area (Å²) in [5, 5.41) is 4.12. The van der Waals surface area contributed by atoms with Crippen LogP contribution < -0.4 is 5.32 Å². The third-order valence-corrected chi connectivity index (χ3v) is 2.72. The zero-order valence-corrected chi connectivity index (χ0v) is 10.9. The van der Waals surface area contributed by atoms with Crippen molar-refractivity contribution >= 4 is 17.6 Å². The lowest BCUT2D eigenvalue weighted by Crippen LogP contribution is -2.17. The lowest BCUT2D eigenvalue weighted by molar-refractivity contribution is 0.539. The van der Waals surface area contributed by atoms with Crippen molar-refractivity contribution in [1.82, 2.24) is 9.97 Å². The van der Waals surface area contributed by atoms with Gasteiger partial charge >= 0.3 is 0 Å². The first-order valence-electron chi connectivity index (χ1n) is 5.17. The molecule has 0 aliphatic carbocycles. The van der Waals surface area contributed by atoms with Gasteiger partial charge in [-0.05, 0) is 5.75 Å². The van der Waals surface area contributed by atoms with Gasteiger partial charge in [-0.1, -0.05) is 27.7 Å². The van der Waals surface area contributed by atoms with Crippen molar-refractivity contribution in [1.29, 1.82) is 0 Å². The Bertz CT molecular complexity index is 331. The van der Waals surface area contributed by atoms with Crippen LogP contribution in [0.2, 0.25) is 0 Å². The largest absolute Gasteiger partial charge is 0.373 e. The summed E-state index contributed by atoms with van der Waals surface area (Å²) in [7, 11) is 1.88. The SMILES string of the molecule is CCSc1cc(NC)nc(C(C)(C)C)n1. The van der Waals surface area contributed by atoms with Crippen molar-refractivity contribution in [3.8, 4) is 0 Å². The molecular formula is C11H19N3S. The number of anilines is 1. The van der Waals surface area contributed by atoms with Crippen LogP contribution in [0.3, 0.4) is 0 Å². The Balaban J connectivity index is 3.11. The van der Waals surface area contributed by atoms with Gasteiger partial charge in [0, 0.05) is 18.5 Å². The number of thioether (sulfide) groups is 1. The maximum atomic E-state index is 4.55. The summed E-state index contributed by atoms with van der Waals surface area (Å²) in [4.78, 5) is 9.02. The molecule has 0 aromatic carbocycles. The molecule has 0 amide bonds. The average molecular weight is 225 g/mol. The number of hydrogen-bond acceptors (Lipinski definition) is 4. The molecule has 84 valence electrons. The number of nitrogens with one attached hydrogen (secondary N) is 1. The zero-order chi connectivity index (χ0) is 11.5. The van der Waals surface area contributed by atoms with Crippen LogP contribution in [0.1, 0.15) is 33.5 Å². The second kappa shape index (κ2) is 4.84. The number of rotatable bonds is 3. The molecule has 1 heterocycles. The summed E-state index contributed by atoms with van der Waals surface area (Å²) in [6, 6.07) is 1.99. The van der Waals surface area contributed by atoms with Crippen LogP contribution in [0.4, 0.5) is 5.82 Å². The van der Waals surface area contributed by atoms with Gasteiger partial charge in [-0.25, -0.2) is 9.97 Å². The smallest absolute Gasteiger partial charge is 0.137 e. The zero-order valence-electron chi connectivity index (χ0n) is 10.1. The lowest BCUT2D eigenvalue weighted by atomic mass is 9.96. The first-order valence-corrected chi connectivity index (χ1v) is 6.16. The molecule has 0 radical (unpaired) electrons. The summed E-state index contributed by atoms with van der Waals surface area (Å²) in [5.74, 6) is 2.82. The van der Waals surface area contributed by atoms with Gasteiger partial charge in [-0.15, -0.1) is 11.8 Å². The maximum absolute atomic E-state index is 4.55. The molecular weight excluding hydrogens is 206 g/mol. The molecule has 0 aliphatic rings. The average Bonchev–Trinajstić information content (AvgIpc) is 2.16. The third kappa shape index (κ3) is 3.38. The summed E-state index contributed by atoms with van der Waals surface area (Å²) in [5.41, 5.74) is -0.00406. The van der Waals surface area contributed by atoms with E-state index in [9.17, 15) is 0 Å². The molecule has 0 aliphatic heterocycles. The predicted molar refractivity (Wildman–Crippen MR) is 66.7 cm³/mol. The molecule has 4 heteroatoms. The standard InChI is InChI=1S/C11H19N3S/c1-6-15-9-7-8(12-5)13-10(14-9)11(2,3)4/h7H,6H2,1-5H3,(H,12,13,14). The Kier molecular flexibility index (Phi) is 3.97. The maximum Gasteiger partial charge on any atom is 0.137 e. The van der Waals surface area contributed by atoms with Gasteiger partial charge in [0.1, 0.15) is 16.7 Å². The van der Waals surface area contributed by atoms with Gasteiger partial charge in [-0.2, -0.15) is 0 Å². The van der Waals surface area contributed by atoms with E-state index in [4.69, 9.17) is 0 Å². The normalized spacial score (nSPS) is 11.5. The molecule has 1 aromatic rings. The van der Waals surface area contributed by atoms with Gasteiger partial charge in [0.25, 0.3) is 0 Å². The molecule has 0 atom stereocenters. The number of aromatic nitrogens is 2. The highest BCUT2D eigenvalue weighted by Crippen LogP contribution is 2.24. The fraction of sp³-hybridized carbons (Fsp3) is 0.636. The number of nitrogens with zero attached hydrogens (tertiary/aromatic N) is 2. The first-order chi connectivity index (χ1) is 6.97. The van der Waals surface area contributed by atoms with E-state index in [0.29, 0.717) is 0 Å². The Morgan fingerprint density at radius 2 is 2.00 bits per heavy atom. The second-order valence-electron chi connectivity index (χ2n) is 4.35. The van der Waals surface area contributed by atoms with Gasteiger partial charge in [-0.3, -0.25) is 0 Å². The minimum Gasteiger partial charge on any atom is -0.373 e.